The highest BCUT2D eigenvalue weighted by atomic mass is 16.5. The minimum atomic E-state index is -0.480. The minimum absolute atomic E-state index is 0.0504. The first kappa shape index (κ1) is 32.8. The molecule has 0 atom stereocenters. The monoisotopic (exact) mass is 645 g/mol. The molecule has 0 saturated carbocycles. The number of nitrogens with one attached hydrogen (secondary N) is 1. The zero-order valence-corrected chi connectivity index (χ0v) is 26.5. The summed E-state index contributed by atoms with van der Waals surface area (Å²) >= 11 is 0. The summed E-state index contributed by atoms with van der Waals surface area (Å²) in [7, 11) is 1.44. The molecule has 0 heterocycles. The Morgan fingerprint density at radius 3 is 2.00 bits per heavy atom. The van der Waals surface area contributed by atoms with Gasteiger partial charge in [-0.2, -0.15) is 0 Å². The minimum Gasteiger partial charge on any atom is -0.504 e. The van der Waals surface area contributed by atoms with Gasteiger partial charge in [0, 0.05) is 35.2 Å². The van der Waals surface area contributed by atoms with E-state index >= 15 is 0 Å². The topological polar surface area (TPSA) is 175 Å². The predicted molar refractivity (Wildman–Crippen MR) is 181 cm³/mol. The number of hydrogen-bond acceptors (Lipinski definition) is 11. The summed E-state index contributed by atoms with van der Waals surface area (Å²) in [6, 6.07) is 2.70. The number of aliphatic hydroxyl groups excluding tert-OH is 4. The average molecular weight is 646 g/mol. The van der Waals surface area contributed by atoms with Gasteiger partial charge in [0.25, 0.3) is 0 Å². The second-order valence-electron chi connectivity index (χ2n) is 11.9. The zero-order valence-electron chi connectivity index (χ0n) is 26.5. The molecule has 0 fully saturated rings. The van der Waals surface area contributed by atoms with Crippen LogP contribution in [0, 0.1) is 0 Å². The maximum absolute atomic E-state index is 14.2. The summed E-state index contributed by atoms with van der Waals surface area (Å²) in [5, 5.41) is 58.5. The first-order chi connectivity index (χ1) is 22.8. The van der Waals surface area contributed by atoms with Crippen LogP contribution >= 0.6 is 0 Å². The summed E-state index contributed by atoms with van der Waals surface area (Å²) in [4.78, 5) is 27.8. The van der Waals surface area contributed by atoms with E-state index in [4.69, 9.17) is 14.2 Å². The summed E-state index contributed by atoms with van der Waals surface area (Å²) in [5.41, 5.74) is 3.76. The molecule has 0 amide bonds. The molecular weight excluding hydrogens is 606 g/mol. The lowest BCUT2D eigenvalue weighted by atomic mass is 9.80. The molecule has 0 aromatic heterocycles. The third-order valence-corrected chi connectivity index (χ3v) is 9.05. The quantitative estimate of drug-likeness (QED) is 0.0561. The van der Waals surface area contributed by atoms with E-state index < -0.39 is 18.6 Å². The van der Waals surface area contributed by atoms with E-state index in [1.54, 1.807) is 0 Å². The Morgan fingerprint density at radius 2 is 1.38 bits per heavy atom. The van der Waals surface area contributed by atoms with Gasteiger partial charge in [-0.3, -0.25) is 9.59 Å². The van der Waals surface area contributed by atoms with E-state index in [0.717, 1.165) is 16.7 Å². The molecule has 0 spiro atoms. The fraction of sp³-hybridized carbons (Fsp3) is 0.389. The van der Waals surface area contributed by atoms with Crippen LogP contribution in [0.25, 0.3) is 49.2 Å². The van der Waals surface area contributed by atoms with Gasteiger partial charge in [-0.1, -0.05) is 11.6 Å². The van der Waals surface area contributed by atoms with Gasteiger partial charge in [0.15, 0.2) is 22.4 Å². The molecule has 5 aromatic carbocycles. The second kappa shape index (κ2) is 13.6. The Balaban J connectivity index is 1.86. The molecule has 0 bridgehead atoms. The van der Waals surface area contributed by atoms with E-state index in [9.17, 15) is 35.1 Å². The van der Waals surface area contributed by atoms with Crippen LogP contribution < -0.4 is 20.9 Å². The number of fused-ring (bicyclic) bond motifs is 1. The molecular formula is C36H39NO10. The number of hydrogen-bond donors (Lipinski definition) is 6. The van der Waals surface area contributed by atoms with Crippen molar-refractivity contribution in [3.05, 3.63) is 66.0 Å². The number of ether oxygens (including phenoxy) is 3. The van der Waals surface area contributed by atoms with Crippen LogP contribution in [0.2, 0.25) is 0 Å². The first-order valence-electron chi connectivity index (χ1n) is 15.8. The number of aromatic hydroxyl groups is 1. The standard InChI is InChI=1S/C36H39NO10/c1-18-12-22-21(4-3-8-46-10-6-38)34(37-5-9-47-11-7-39)30-24(42)14-19(16-40)26-27-20(17-41)15-25(43)31-33(27)29(28(22)32(26)30)23(13-18)36(45-2)35(31)44/h12,14-15,37-41,44H,3-11,13,16-17H2,1-2H3. The molecule has 47 heavy (non-hydrogen) atoms. The smallest absolute Gasteiger partial charge is 0.190 e. The number of phenols is 1. The molecule has 0 aliphatic heterocycles. The Hall–Kier alpha value is -4.10. The van der Waals surface area contributed by atoms with E-state index in [-0.39, 0.29) is 55.3 Å². The maximum atomic E-state index is 14.2. The van der Waals surface area contributed by atoms with Crippen molar-refractivity contribution >= 4 is 54.9 Å². The molecule has 0 unspecified atom stereocenters. The highest BCUT2D eigenvalue weighted by Crippen LogP contribution is 2.53. The van der Waals surface area contributed by atoms with Crippen LogP contribution in [0.5, 0.6) is 11.5 Å². The molecule has 1 aliphatic carbocycles. The van der Waals surface area contributed by atoms with Crippen LogP contribution in [0.4, 0.5) is 5.69 Å². The van der Waals surface area contributed by atoms with Gasteiger partial charge in [0.05, 0.1) is 64.1 Å². The number of allylic oxidation sites excluding steroid dienone is 1. The van der Waals surface area contributed by atoms with Gasteiger partial charge in [-0.15, -0.1) is 0 Å². The van der Waals surface area contributed by atoms with Crippen LogP contribution in [0.1, 0.15) is 41.2 Å². The van der Waals surface area contributed by atoms with Crippen LogP contribution in [0.15, 0.2) is 27.3 Å². The number of phenolic OH excluding ortho intramolecular Hbond substituents is 1. The Bertz CT molecular complexity index is 2120. The van der Waals surface area contributed by atoms with Crippen molar-refractivity contribution in [1.82, 2.24) is 0 Å². The average Bonchev–Trinajstić information content (AvgIpc) is 3.21. The van der Waals surface area contributed by atoms with Gasteiger partial charge in [-0.25, -0.2) is 0 Å². The number of rotatable bonds is 15. The Morgan fingerprint density at radius 1 is 0.766 bits per heavy atom. The fourth-order valence-electron chi connectivity index (χ4n) is 7.37. The largest absolute Gasteiger partial charge is 0.504 e. The molecule has 6 rings (SSSR count). The van der Waals surface area contributed by atoms with Crippen molar-refractivity contribution in [2.24, 2.45) is 0 Å². The van der Waals surface area contributed by atoms with E-state index in [2.05, 4.69) is 11.4 Å². The van der Waals surface area contributed by atoms with Gasteiger partial charge in [0.1, 0.15) is 0 Å². The Kier molecular flexibility index (Phi) is 9.47. The number of methoxy groups -OCH3 is 1. The number of anilines is 1. The first-order valence-corrected chi connectivity index (χ1v) is 15.8. The molecule has 6 N–H and O–H groups in total. The second-order valence-corrected chi connectivity index (χ2v) is 11.9. The van der Waals surface area contributed by atoms with Crippen molar-refractivity contribution in [2.45, 2.75) is 39.4 Å². The lowest BCUT2D eigenvalue weighted by molar-refractivity contribution is 0.0909. The van der Waals surface area contributed by atoms with Crippen LogP contribution in [-0.4, -0.2) is 78.8 Å². The summed E-state index contributed by atoms with van der Waals surface area (Å²) in [6.07, 6.45) is 3.51. The lowest BCUT2D eigenvalue weighted by Gasteiger charge is -2.26. The molecule has 5 aromatic rings. The van der Waals surface area contributed by atoms with E-state index in [0.29, 0.717) is 92.5 Å². The summed E-state index contributed by atoms with van der Waals surface area (Å²) in [5.74, 6) is -0.117. The SMILES string of the molecule is COc1c(O)c2c(=O)cc(CO)c3c4c(CO)cc(=O)c5c(NCCOCCO)c(CCCOCCO)c6c(c(c1CC(C)=C6)c23)c54. The fourth-order valence-corrected chi connectivity index (χ4v) is 7.37. The zero-order chi connectivity index (χ0) is 33.4. The third-order valence-electron chi connectivity index (χ3n) is 9.05. The third kappa shape index (κ3) is 5.33. The van der Waals surface area contributed by atoms with Crippen molar-refractivity contribution in [1.29, 1.82) is 0 Å². The van der Waals surface area contributed by atoms with E-state index in [1.165, 1.54) is 19.2 Å². The summed E-state index contributed by atoms with van der Waals surface area (Å²) in [6.45, 7) is 2.16. The van der Waals surface area contributed by atoms with Crippen LogP contribution in [-0.2, 0) is 35.5 Å². The van der Waals surface area contributed by atoms with Gasteiger partial charge in [-0.05, 0) is 82.1 Å². The highest BCUT2D eigenvalue weighted by molar-refractivity contribution is 6.38. The van der Waals surface area contributed by atoms with Gasteiger partial charge < -0.3 is 45.1 Å². The molecule has 0 radical (unpaired) electrons. The van der Waals surface area contributed by atoms with Crippen molar-refractivity contribution in [2.75, 3.05) is 58.6 Å². The van der Waals surface area contributed by atoms with Gasteiger partial charge >= 0.3 is 0 Å². The lowest BCUT2D eigenvalue weighted by Crippen LogP contribution is -2.17. The van der Waals surface area contributed by atoms with Crippen molar-refractivity contribution in [3.8, 4) is 11.5 Å². The Labute approximate surface area is 269 Å². The highest BCUT2D eigenvalue weighted by Gasteiger charge is 2.32. The molecule has 1 aliphatic rings. The molecule has 0 saturated heterocycles. The predicted octanol–water partition coefficient (Wildman–Crippen LogP) is 2.92. The van der Waals surface area contributed by atoms with Crippen LogP contribution in [0.3, 0.4) is 0 Å². The van der Waals surface area contributed by atoms with E-state index in [1.807, 2.05) is 6.92 Å². The van der Waals surface area contributed by atoms with Crippen molar-refractivity contribution < 1.29 is 39.7 Å². The number of benzene rings is 5. The molecule has 248 valence electrons. The molecule has 11 heteroatoms. The molecule has 11 nitrogen and oxygen atoms in total. The number of aliphatic hydroxyl groups is 4. The van der Waals surface area contributed by atoms with Gasteiger partial charge in [0.2, 0.25) is 0 Å². The normalized spacial score (nSPS) is 13.0. The summed E-state index contributed by atoms with van der Waals surface area (Å²) < 4.78 is 16.9. The van der Waals surface area contributed by atoms with Crippen molar-refractivity contribution in [3.63, 3.8) is 0 Å². The maximum Gasteiger partial charge on any atom is 0.190 e.